The maximum absolute atomic E-state index is 12.1. The summed E-state index contributed by atoms with van der Waals surface area (Å²) in [7, 11) is 0. The number of hydrogen-bond acceptors (Lipinski definition) is 3. The highest BCUT2D eigenvalue weighted by atomic mass is 16.2. The predicted molar refractivity (Wildman–Crippen MR) is 70.6 cm³/mol. The molecule has 1 saturated heterocycles. The number of rotatable bonds is 4. The molecule has 6 nitrogen and oxygen atoms in total. The number of nitrogens with zero attached hydrogens (tertiary/aromatic N) is 3. The lowest BCUT2D eigenvalue weighted by atomic mass is 10.1. The van der Waals surface area contributed by atoms with Gasteiger partial charge >= 0.3 is 0 Å². The van der Waals surface area contributed by atoms with Gasteiger partial charge in [-0.1, -0.05) is 0 Å². The van der Waals surface area contributed by atoms with E-state index in [4.69, 9.17) is 0 Å². The van der Waals surface area contributed by atoms with Gasteiger partial charge in [0.2, 0.25) is 12.3 Å². The van der Waals surface area contributed by atoms with Gasteiger partial charge in [0.05, 0.1) is 5.69 Å². The van der Waals surface area contributed by atoms with Crippen LogP contribution in [0.3, 0.4) is 0 Å². The molecule has 0 radical (unpaired) electrons. The number of aryl methyl sites for hydroxylation is 2. The zero-order chi connectivity index (χ0) is 13.8. The number of aromatic nitrogens is 2. The summed E-state index contributed by atoms with van der Waals surface area (Å²) < 4.78 is 0. The fraction of sp³-hybridized carbons (Fsp3) is 0.615. The van der Waals surface area contributed by atoms with Crippen molar-refractivity contribution >= 4 is 12.3 Å². The first-order chi connectivity index (χ1) is 9.11. The van der Waals surface area contributed by atoms with E-state index in [-0.39, 0.29) is 5.91 Å². The lowest BCUT2D eigenvalue weighted by Gasteiger charge is -2.32. The van der Waals surface area contributed by atoms with E-state index in [1.54, 1.807) is 4.90 Å². The Morgan fingerprint density at radius 3 is 2.53 bits per heavy atom. The molecule has 1 aliphatic heterocycles. The quantitative estimate of drug-likeness (QED) is 0.793. The minimum absolute atomic E-state index is 0.158. The van der Waals surface area contributed by atoms with E-state index in [2.05, 4.69) is 10.2 Å². The second-order valence-corrected chi connectivity index (χ2v) is 4.93. The lowest BCUT2D eigenvalue weighted by Crippen LogP contribution is -2.48. The Kier molecular flexibility index (Phi) is 4.19. The maximum Gasteiger partial charge on any atom is 0.223 e. The van der Waals surface area contributed by atoms with Crippen LogP contribution in [-0.4, -0.2) is 58.5 Å². The Morgan fingerprint density at radius 2 is 2.00 bits per heavy atom. The molecule has 0 spiro atoms. The molecule has 0 aliphatic carbocycles. The van der Waals surface area contributed by atoms with Crippen molar-refractivity contribution in [2.24, 2.45) is 0 Å². The first-order valence-corrected chi connectivity index (χ1v) is 6.59. The monoisotopic (exact) mass is 264 g/mol. The number of carbonyl (C=O) groups excluding carboxylic acids is 2. The summed E-state index contributed by atoms with van der Waals surface area (Å²) >= 11 is 0. The van der Waals surface area contributed by atoms with Crippen molar-refractivity contribution < 1.29 is 9.59 Å². The molecule has 2 amide bonds. The zero-order valence-electron chi connectivity index (χ0n) is 11.5. The van der Waals surface area contributed by atoms with Crippen LogP contribution >= 0.6 is 0 Å². The minimum Gasteiger partial charge on any atom is -0.342 e. The van der Waals surface area contributed by atoms with Crippen molar-refractivity contribution in [3.8, 4) is 0 Å². The number of aromatic amines is 1. The molecule has 0 atom stereocenters. The van der Waals surface area contributed by atoms with Crippen LogP contribution in [0.25, 0.3) is 0 Å². The highest BCUT2D eigenvalue weighted by Gasteiger charge is 2.20. The van der Waals surface area contributed by atoms with Gasteiger partial charge < -0.3 is 9.80 Å². The predicted octanol–water partition coefficient (Wildman–Crippen LogP) is 0.260. The molecule has 104 valence electrons. The summed E-state index contributed by atoms with van der Waals surface area (Å²) in [5, 5.41) is 7.07. The van der Waals surface area contributed by atoms with Gasteiger partial charge in [0.25, 0.3) is 0 Å². The number of carbonyl (C=O) groups is 2. The normalized spacial score (nSPS) is 15.7. The van der Waals surface area contributed by atoms with Gasteiger partial charge in [-0.05, 0) is 25.8 Å². The average molecular weight is 264 g/mol. The molecule has 0 aromatic carbocycles. The average Bonchev–Trinajstić information content (AvgIpc) is 2.75. The van der Waals surface area contributed by atoms with Gasteiger partial charge in [-0.3, -0.25) is 14.7 Å². The Bertz CT molecular complexity index is 442. The van der Waals surface area contributed by atoms with E-state index in [0.717, 1.165) is 29.8 Å². The van der Waals surface area contributed by atoms with E-state index in [1.165, 1.54) is 0 Å². The number of H-pyrrole nitrogens is 1. The summed E-state index contributed by atoms with van der Waals surface area (Å²) in [5.41, 5.74) is 3.15. The van der Waals surface area contributed by atoms with Crippen LogP contribution in [-0.2, 0) is 16.0 Å². The van der Waals surface area contributed by atoms with Crippen LogP contribution < -0.4 is 0 Å². The van der Waals surface area contributed by atoms with E-state index in [0.29, 0.717) is 32.6 Å². The lowest BCUT2D eigenvalue weighted by molar-refractivity contribution is -0.135. The van der Waals surface area contributed by atoms with Crippen LogP contribution in [0.4, 0.5) is 0 Å². The van der Waals surface area contributed by atoms with Crippen molar-refractivity contribution in [1.82, 2.24) is 20.0 Å². The Morgan fingerprint density at radius 1 is 1.32 bits per heavy atom. The number of piperazine rings is 1. The van der Waals surface area contributed by atoms with Crippen LogP contribution in [0, 0.1) is 13.8 Å². The van der Waals surface area contributed by atoms with Crippen molar-refractivity contribution in [1.29, 1.82) is 0 Å². The fourth-order valence-electron chi connectivity index (χ4n) is 2.41. The molecule has 0 saturated carbocycles. The molecule has 19 heavy (non-hydrogen) atoms. The van der Waals surface area contributed by atoms with Crippen molar-refractivity contribution in [3.63, 3.8) is 0 Å². The van der Waals surface area contributed by atoms with Crippen molar-refractivity contribution in [2.75, 3.05) is 26.2 Å². The van der Waals surface area contributed by atoms with Gasteiger partial charge in [0, 0.05) is 38.3 Å². The standard InChI is InChI=1S/C13H20N4O2/c1-10-12(11(2)15-14-10)3-4-13(19)17-7-5-16(9-18)6-8-17/h9H,3-8H2,1-2H3,(H,14,15). The fourth-order valence-corrected chi connectivity index (χ4v) is 2.41. The Labute approximate surface area is 112 Å². The molecule has 1 aliphatic rings. The SMILES string of the molecule is Cc1n[nH]c(C)c1CCC(=O)N1CCN(C=O)CC1. The second-order valence-electron chi connectivity index (χ2n) is 4.93. The first kappa shape index (κ1) is 13.6. The smallest absolute Gasteiger partial charge is 0.223 e. The van der Waals surface area contributed by atoms with E-state index >= 15 is 0 Å². The minimum atomic E-state index is 0.158. The molecule has 0 unspecified atom stereocenters. The van der Waals surface area contributed by atoms with E-state index in [9.17, 15) is 9.59 Å². The Hall–Kier alpha value is -1.85. The second kappa shape index (κ2) is 5.86. The van der Waals surface area contributed by atoms with Crippen LogP contribution in [0.2, 0.25) is 0 Å². The molecule has 1 N–H and O–H groups in total. The van der Waals surface area contributed by atoms with Gasteiger partial charge in [-0.15, -0.1) is 0 Å². The van der Waals surface area contributed by atoms with Crippen LogP contribution in [0.15, 0.2) is 0 Å². The molecule has 1 aromatic heterocycles. The van der Waals surface area contributed by atoms with E-state index < -0.39 is 0 Å². The molecule has 6 heteroatoms. The molecular weight excluding hydrogens is 244 g/mol. The van der Waals surface area contributed by atoms with Gasteiger partial charge in [-0.2, -0.15) is 5.10 Å². The number of nitrogens with one attached hydrogen (secondary N) is 1. The molecule has 0 bridgehead atoms. The summed E-state index contributed by atoms with van der Waals surface area (Å²) in [6.07, 6.45) is 2.07. The summed E-state index contributed by atoms with van der Waals surface area (Å²) in [5.74, 6) is 0.158. The largest absolute Gasteiger partial charge is 0.342 e. The zero-order valence-corrected chi connectivity index (χ0v) is 11.5. The maximum atomic E-state index is 12.1. The molecular formula is C13H20N4O2. The summed E-state index contributed by atoms with van der Waals surface area (Å²) in [4.78, 5) is 26.2. The highest BCUT2D eigenvalue weighted by molar-refractivity contribution is 5.76. The third-order valence-electron chi connectivity index (χ3n) is 3.69. The topological polar surface area (TPSA) is 69.3 Å². The molecule has 2 rings (SSSR count). The van der Waals surface area contributed by atoms with E-state index in [1.807, 2.05) is 18.7 Å². The molecule has 1 aromatic rings. The molecule has 1 fully saturated rings. The Balaban J connectivity index is 1.84. The first-order valence-electron chi connectivity index (χ1n) is 6.59. The number of amides is 2. The van der Waals surface area contributed by atoms with Gasteiger partial charge in [-0.25, -0.2) is 0 Å². The summed E-state index contributed by atoms with van der Waals surface area (Å²) in [6, 6.07) is 0. The molecule has 2 heterocycles. The third-order valence-corrected chi connectivity index (χ3v) is 3.69. The van der Waals surface area contributed by atoms with Gasteiger partial charge in [0.15, 0.2) is 0 Å². The van der Waals surface area contributed by atoms with Crippen LogP contribution in [0.1, 0.15) is 23.4 Å². The van der Waals surface area contributed by atoms with Crippen molar-refractivity contribution in [3.05, 3.63) is 17.0 Å². The van der Waals surface area contributed by atoms with Gasteiger partial charge in [0.1, 0.15) is 0 Å². The van der Waals surface area contributed by atoms with Crippen molar-refractivity contribution in [2.45, 2.75) is 26.7 Å². The van der Waals surface area contributed by atoms with Crippen LogP contribution in [0.5, 0.6) is 0 Å². The summed E-state index contributed by atoms with van der Waals surface area (Å²) in [6.45, 7) is 6.48. The third kappa shape index (κ3) is 3.13. The number of hydrogen-bond donors (Lipinski definition) is 1. The highest BCUT2D eigenvalue weighted by Crippen LogP contribution is 2.13.